The third kappa shape index (κ3) is 4.86. The third-order valence-electron chi connectivity index (χ3n) is 2.31. The molecule has 1 aromatic rings. The van der Waals surface area contributed by atoms with E-state index in [0.717, 1.165) is 6.07 Å². The summed E-state index contributed by atoms with van der Waals surface area (Å²) in [5.41, 5.74) is 0.149. The number of hydrogen-bond donors (Lipinski definition) is 2. The van der Waals surface area contributed by atoms with Crippen molar-refractivity contribution in [3.63, 3.8) is 0 Å². The molecule has 5 nitrogen and oxygen atoms in total. The summed E-state index contributed by atoms with van der Waals surface area (Å²) < 4.78 is 28.6. The van der Waals surface area contributed by atoms with Gasteiger partial charge < -0.3 is 14.9 Å². The number of halogens is 3. The van der Waals surface area contributed by atoms with Gasteiger partial charge in [-0.15, -0.1) is 0 Å². The largest absolute Gasteiger partial charge is 0.479 e. The molecule has 1 unspecified atom stereocenters. The van der Waals surface area contributed by atoms with Crippen molar-refractivity contribution in [2.75, 3.05) is 5.33 Å². The zero-order valence-corrected chi connectivity index (χ0v) is 11.6. The molecule has 8 heteroatoms. The van der Waals surface area contributed by atoms with Crippen molar-refractivity contribution in [1.29, 1.82) is 0 Å². The van der Waals surface area contributed by atoms with Crippen molar-refractivity contribution in [3.8, 4) is 5.75 Å². The smallest absolute Gasteiger partial charge is 0.387 e. The topological polar surface area (TPSA) is 83.8 Å². The Morgan fingerprint density at radius 2 is 1.95 bits per heavy atom. The number of carbonyl (C=O) groups excluding carboxylic acids is 1. The van der Waals surface area contributed by atoms with Gasteiger partial charge in [-0.05, 0) is 23.3 Å². The first-order valence-corrected chi connectivity index (χ1v) is 6.53. The molecule has 2 N–H and O–H groups in total. The van der Waals surface area contributed by atoms with Crippen LogP contribution in [0.15, 0.2) is 18.2 Å². The molecular weight excluding hydrogens is 342 g/mol. The highest BCUT2D eigenvalue weighted by Gasteiger charge is 2.19. The number of carbonyl (C=O) groups is 2. The summed E-state index contributed by atoms with van der Waals surface area (Å²) in [4.78, 5) is 22.0. The summed E-state index contributed by atoms with van der Waals surface area (Å²) in [5.74, 6) is -2.07. The van der Waals surface area contributed by atoms with E-state index >= 15 is 0 Å². The van der Waals surface area contributed by atoms with E-state index in [-0.39, 0.29) is 34.4 Å². The van der Waals surface area contributed by atoms with Crippen molar-refractivity contribution in [1.82, 2.24) is 0 Å². The van der Waals surface area contributed by atoms with Crippen molar-refractivity contribution >= 4 is 27.7 Å². The number of aliphatic hydroxyl groups is 1. The first-order valence-electron chi connectivity index (χ1n) is 5.40. The Kier molecular flexibility index (Phi) is 6.03. The molecule has 0 fully saturated rings. The Labute approximate surface area is 121 Å². The van der Waals surface area contributed by atoms with Gasteiger partial charge in [-0.3, -0.25) is 4.79 Å². The SMILES string of the molecule is O=C(CBr)Cc1cc(OC(F)F)cc(C(O)C(=O)O)c1. The molecule has 20 heavy (non-hydrogen) atoms. The van der Waals surface area contributed by atoms with Crippen LogP contribution in [-0.4, -0.2) is 33.9 Å². The Hall–Kier alpha value is -1.54. The van der Waals surface area contributed by atoms with Gasteiger partial charge in [-0.25, -0.2) is 4.79 Å². The summed E-state index contributed by atoms with van der Waals surface area (Å²) in [6.07, 6.45) is -1.97. The maximum absolute atomic E-state index is 12.2. The molecular formula is C12H11BrF2O5. The van der Waals surface area contributed by atoms with Crippen LogP contribution in [0, 0.1) is 0 Å². The minimum atomic E-state index is -3.09. The number of benzene rings is 1. The number of ketones is 1. The molecule has 1 rings (SSSR count). The predicted molar refractivity (Wildman–Crippen MR) is 68.2 cm³/mol. The molecule has 0 aliphatic carbocycles. The molecule has 0 aliphatic rings. The van der Waals surface area contributed by atoms with Crippen LogP contribution in [0.4, 0.5) is 8.78 Å². The lowest BCUT2D eigenvalue weighted by molar-refractivity contribution is -0.146. The molecule has 0 saturated carbocycles. The average Bonchev–Trinajstić information content (AvgIpc) is 2.36. The van der Waals surface area contributed by atoms with E-state index in [2.05, 4.69) is 20.7 Å². The second-order valence-corrected chi connectivity index (χ2v) is 4.44. The van der Waals surface area contributed by atoms with Crippen LogP contribution < -0.4 is 4.74 Å². The minimum absolute atomic E-state index is 0.0732. The summed E-state index contributed by atoms with van der Waals surface area (Å²) in [6, 6.07) is 3.45. The first-order chi connectivity index (χ1) is 9.33. The molecule has 1 atom stereocenters. The van der Waals surface area contributed by atoms with Crippen LogP contribution in [-0.2, 0) is 16.0 Å². The van der Waals surface area contributed by atoms with Gasteiger partial charge in [0.25, 0.3) is 0 Å². The number of alkyl halides is 3. The van der Waals surface area contributed by atoms with Gasteiger partial charge in [0, 0.05) is 6.42 Å². The van der Waals surface area contributed by atoms with Gasteiger partial charge in [0.2, 0.25) is 0 Å². The van der Waals surface area contributed by atoms with Crippen molar-refractivity contribution < 1.29 is 33.3 Å². The molecule has 0 aromatic heterocycles. The zero-order chi connectivity index (χ0) is 15.3. The van der Waals surface area contributed by atoms with Crippen LogP contribution in [0.1, 0.15) is 17.2 Å². The maximum atomic E-state index is 12.2. The van der Waals surface area contributed by atoms with Gasteiger partial charge in [-0.1, -0.05) is 22.0 Å². The number of hydrogen-bond acceptors (Lipinski definition) is 4. The number of carboxylic acids is 1. The van der Waals surface area contributed by atoms with Crippen molar-refractivity contribution in [2.24, 2.45) is 0 Å². The van der Waals surface area contributed by atoms with Crippen LogP contribution in [0.3, 0.4) is 0 Å². The lowest BCUT2D eigenvalue weighted by Gasteiger charge is -2.12. The number of ether oxygens (including phenoxy) is 1. The third-order valence-corrected chi connectivity index (χ3v) is 2.94. The highest BCUT2D eigenvalue weighted by molar-refractivity contribution is 9.09. The Morgan fingerprint density at radius 3 is 2.45 bits per heavy atom. The number of aliphatic carboxylic acids is 1. The van der Waals surface area contributed by atoms with Gasteiger partial charge in [0.05, 0.1) is 5.33 Å². The summed E-state index contributed by atoms with van der Waals surface area (Å²) in [6.45, 7) is -3.09. The molecule has 1 aromatic carbocycles. The van der Waals surface area contributed by atoms with Crippen LogP contribution >= 0.6 is 15.9 Å². The number of Topliss-reactive ketones (excluding diaryl/α,β-unsaturated/α-hetero) is 1. The van der Waals surface area contributed by atoms with Gasteiger partial charge in [-0.2, -0.15) is 8.78 Å². The first kappa shape index (κ1) is 16.5. The molecule has 0 radical (unpaired) electrons. The Balaban J connectivity index is 3.13. The quantitative estimate of drug-likeness (QED) is 0.732. The van der Waals surface area contributed by atoms with Crippen molar-refractivity contribution in [3.05, 3.63) is 29.3 Å². The van der Waals surface area contributed by atoms with E-state index in [1.54, 1.807) is 0 Å². The molecule has 0 amide bonds. The average molecular weight is 353 g/mol. The molecule has 0 spiro atoms. The van der Waals surface area contributed by atoms with Crippen LogP contribution in [0.5, 0.6) is 5.75 Å². The highest BCUT2D eigenvalue weighted by Crippen LogP contribution is 2.24. The standard InChI is InChI=1S/C12H11BrF2O5/c13-5-8(16)2-6-1-7(10(17)11(18)19)4-9(3-6)20-12(14)15/h1,3-4,10,12,17H,2,5H2,(H,18,19). The Morgan fingerprint density at radius 1 is 1.30 bits per heavy atom. The summed E-state index contributed by atoms with van der Waals surface area (Å²) in [5, 5.41) is 18.2. The maximum Gasteiger partial charge on any atom is 0.387 e. The molecule has 0 saturated heterocycles. The number of aliphatic hydroxyl groups excluding tert-OH is 1. The van der Waals surface area contributed by atoms with Gasteiger partial charge in [0.1, 0.15) is 11.5 Å². The lowest BCUT2D eigenvalue weighted by Crippen LogP contribution is -2.12. The van der Waals surface area contributed by atoms with E-state index in [4.69, 9.17) is 5.11 Å². The predicted octanol–water partition coefficient (Wildman–Crippen LogP) is 1.91. The fourth-order valence-electron chi connectivity index (χ4n) is 1.53. The second kappa shape index (κ2) is 7.30. The lowest BCUT2D eigenvalue weighted by atomic mass is 10.0. The van der Waals surface area contributed by atoms with E-state index in [9.17, 15) is 23.5 Å². The molecule has 110 valence electrons. The number of carboxylic acid groups (broad SMARTS) is 1. The molecule has 0 heterocycles. The second-order valence-electron chi connectivity index (χ2n) is 3.88. The van der Waals surface area contributed by atoms with E-state index in [1.165, 1.54) is 12.1 Å². The van der Waals surface area contributed by atoms with Gasteiger partial charge in [0.15, 0.2) is 6.10 Å². The Bertz CT molecular complexity index is 507. The molecule has 0 aliphatic heterocycles. The summed E-state index contributed by atoms with van der Waals surface area (Å²) in [7, 11) is 0. The van der Waals surface area contributed by atoms with Crippen molar-refractivity contribution in [2.45, 2.75) is 19.1 Å². The normalized spacial score (nSPS) is 12.2. The van der Waals surface area contributed by atoms with Crippen LogP contribution in [0.2, 0.25) is 0 Å². The van der Waals surface area contributed by atoms with E-state index in [0.29, 0.717) is 0 Å². The fraction of sp³-hybridized carbons (Fsp3) is 0.333. The van der Waals surface area contributed by atoms with Gasteiger partial charge >= 0.3 is 12.6 Å². The molecule has 0 bridgehead atoms. The van der Waals surface area contributed by atoms with E-state index in [1.807, 2.05) is 0 Å². The zero-order valence-electron chi connectivity index (χ0n) is 10.1. The highest BCUT2D eigenvalue weighted by atomic mass is 79.9. The minimum Gasteiger partial charge on any atom is -0.479 e. The monoisotopic (exact) mass is 352 g/mol. The van der Waals surface area contributed by atoms with E-state index < -0.39 is 18.7 Å². The number of rotatable bonds is 7. The fourth-order valence-corrected chi connectivity index (χ4v) is 1.73. The summed E-state index contributed by atoms with van der Waals surface area (Å²) >= 11 is 2.96. The van der Waals surface area contributed by atoms with Crippen LogP contribution in [0.25, 0.3) is 0 Å².